The first-order valence-corrected chi connectivity index (χ1v) is 5.98. The number of hydrogen-bond acceptors (Lipinski definition) is 1. The second-order valence-corrected chi connectivity index (χ2v) is 4.38. The first-order chi connectivity index (χ1) is 8.83. The third-order valence-corrected chi connectivity index (χ3v) is 3.07. The van der Waals surface area contributed by atoms with Gasteiger partial charge in [-0.3, -0.25) is 0 Å². The fraction of sp³-hybridized carbons (Fsp3) is 0.0625. The van der Waals surface area contributed by atoms with Crippen LogP contribution in [0.3, 0.4) is 0 Å². The Morgan fingerprint density at radius 3 is 2.56 bits per heavy atom. The van der Waals surface area contributed by atoms with Crippen LogP contribution in [-0.4, -0.2) is 5.11 Å². The number of fused-ring (bicyclic) bond motifs is 1. The minimum Gasteiger partial charge on any atom is -0.507 e. The zero-order valence-electron chi connectivity index (χ0n) is 9.95. The normalized spacial score (nSPS) is 10.7. The highest BCUT2D eigenvalue weighted by atomic mass is 16.3. The first-order valence-electron chi connectivity index (χ1n) is 5.98. The second kappa shape index (κ2) is 4.49. The van der Waals surface area contributed by atoms with Crippen LogP contribution >= 0.6 is 0 Å². The van der Waals surface area contributed by atoms with Crippen molar-refractivity contribution in [3.05, 3.63) is 72.6 Å². The molecule has 0 bridgehead atoms. The van der Waals surface area contributed by atoms with Gasteiger partial charge in [-0.05, 0) is 11.5 Å². The molecule has 3 aromatic rings. The molecule has 3 rings (SSSR count). The highest BCUT2D eigenvalue weighted by Gasteiger charge is 2.06. The van der Waals surface area contributed by atoms with Gasteiger partial charge in [0, 0.05) is 11.6 Å². The van der Waals surface area contributed by atoms with E-state index in [9.17, 15) is 5.11 Å². The van der Waals surface area contributed by atoms with Crippen LogP contribution in [0.2, 0.25) is 0 Å². The van der Waals surface area contributed by atoms with Gasteiger partial charge in [-0.2, -0.15) is 0 Å². The molecule has 88 valence electrons. The SMILES string of the molecule is Oc1cccc2cc[n+](Cc3ccccc3)cc12. The van der Waals surface area contributed by atoms with Crippen molar-refractivity contribution in [3.8, 4) is 5.75 Å². The fourth-order valence-corrected chi connectivity index (χ4v) is 2.13. The van der Waals surface area contributed by atoms with Gasteiger partial charge in [-0.1, -0.05) is 42.5 Å². The van der Waals surface area contributed by atoms with Gasteiger partial charge in [-0.15, -0.1) is 0 Å². The molecular weight excluding hydrogens is 222 g/mol. The van der Waals surface area contributed by atoms with Gasteiger partial charge >= 0.3 is 0 Å². The monoisotopic (exact) mass is 236 g/mol. The maximum atomic E-state index is 9.85. The third kappa shape index (κ3) is 2.05. The number of phenols is 1. The molecule has 0 saturated heterocycles. The molecule has 1 N–H and O–H groups in total. The molecule has 0 spiro atoms. The van der Waals surface area contributed by atoms with Crippen LogP contribution in [0.1, 0.15) is 5.56 Å². The molecule has 0 fully saturated rings. The number of aromatic hydroxyl groups is 1. The lowest BCUT2D eigenvalue weighted by Gasteiger charge is -2.01. The number of nitrogens with zero attached hydrogens (tertiary/aromatic N) is 1. The predicted molar refractivity (Wildman–Crippen MR) is 71.4 cm³/mol. The van der Waals surface area contributed by atoms with Gasteiger partial charge < -0.3 is 5.11 Å². The van der Waals surface area contributed by atoms with Crippen LogP contribution < -0.4 is 4.57 Å². The summed E-state index contributed by atoms with van der Waals surface area (Å²) in [4.78, 5) is 0. The Labute approximate surface area is 106 Å². The lowest BCUT2D eigenvalue weighted by molar-refractivity contribution is -0.687. The summed E-state index contributed by atoms with van der Waals surface area (Å²) in [6.07, 6.45) is 4.02. The van der Waals surface area contributed by atoms with Gasteiger partial charge in [-0.25, -0.2) is 4.57 Å². The van der Waals surface area contributed by atoms with Crippen molar-refractivity contribution in [1.29, 1.82) is 0 Å². The lowest BCUT2D eigenvalue weighted by atomic mass is 10.1. The Balaban J connectivity index is 2.01. The van der Waals surface area contributed by atoms with Gasteiger partial charge in [0.25, 0.3) is 0 Å². The van der Waals surface area contributed by atoms with Crippen molar-refractivity contribution >= 4 is 10.8 Å². The van der Waals surface area contributed by atoms with E-state index >= 15 is 0 Å². The molecule has 2 aromatic carbocycles. The third-order valence-electron chi connectivity index (χ3n) is 3.07. The Hall–Kier alpha value is -2.35. The smallest absolute Gasteiger partial charge is 0.180 e. The van der Waals surface area contributed by atoms with Crippen LogP contribution in [-0.2, 0) is 6.54 Å². The molecule has 0 radical (unpaired) electrons. The molecular formula is C16H14NO+. The Morgan fingerprint density at radius 1 is 0.889 bits per heavy atom. The molecule has 2 heteroatoms. The summed E-state index contributed by atoms with van der Waals surface area (Å²) < 4.78 is 2.08. The summed E-state index contributed by atoms with van der Waals surface area (Å²) in [6.45, 7) is 0.811. The average Bonchev–Trinajstić information content (AvgIpc) is 2.41. The van der Waals surface area contributed by atoms with Crippen molar-refractivity contribution in [1.82, 2.24) is 0 Å². The van der Waals surface area contributed by atoms with E-state index in [4.69, 9.17) is 0 Å². The van der Waals surface area contributed by atoms with E-state index in [2.05, 4.69) is 16.7 Å². The van der Waals surface area contributed by atoms with Crippen molar-refractivity contribution in [2.75, 3.05) is 0 Å². The quantitative estimate of drug-likeness (QED) is 0.680. The average molecular weight is 236 g/mol. The molecule has 0 unspecified atom stereocenters. The molecule has 0 aliphatic rings. The molecule has 0 atom stereocenters. The van der Waals surface area contributed by atoms with E-state index in [0.717, 1.165) is 17.3 Å². The van der Waals surface area contributed by atoms with Crippen LogP contribution in [0, 0.1) is 0 Å². The molecule has 18 heavy (non-hydrogen) atoms. The molecule has 1 heterocycles. The summed E-state index contributed by atoms with van der Waals surface area (Å²) in [6, 6.07) is 17.9. The minimum atomic E-state index is 0.329. The van der Waals surface area contributed by atoms with Crippen molar-refractivity contribution in [2.24, 2.45) is 0 Å². The number of phenolic OH excluding ortho intramolecular Hbond substituents is 1. The molecule has 0 amide bonds. The Morgan fingerprint density at radius 2 is 1.72 bits per heavy atom. The fourth-order valence-electron chi connectivity index (χ4n) is 2.13. The van der Waals surface area contributed by atoms with E-state index in [1.165, 1.54) is 5.56 Å². The summed E-state index contributed by atoms with van der Waals surface area (Å²) in [5, 5.41) is 11.8. The zero-order chi connectivity index (χ0) is 12.4. The van der Waals surface area contributed by atoms with Crippen LogP contribution in [0.25, 0.3) is 10.8 Å². The van der Waals surface area contributed by atoms with Crippen LogP contribution in [0.5, 0.6) is 5.75 Å². The maximum absolute atomic E-state index is 9.85. The van der Waals surface area contributed by atoms with Gasteiger partial charge in [0.15, 0.2) is 18.9 Å². The number of hydrogen-bond donors (Lipinski definition) is 1. The summed E-state index contributed by atoms with van der Waals surface area (Å²) >= 11 is 0. The number of benzene rings is 2. The zero-order valence-corrected chi connectivity index (χ0v) is 9.95. The minimum absolute atomic E-state index is 0.329. The number of rotatable bonds is 2. The van der Waals surface area contributed by atoms with Crippen molar-refractivity contribution in [3.63, 3.8) is 0 Å². The first kappa shape index (κ1) is 10.8. The van der Waals surface area contributed by atoms with E-state index < -0.39 is 0 Å². The topological polar surface area (TPSA) is 24.1 Å². The van der Waals surface area contributed by atoms with E-state index in [0.29, 0.717) is 5.75 Å². The molecule has 1 aromatic heterocycles. The van der Waals surface area contributed by atoms with Gasteiger partial charge in [0.1, 0.15) is 5.75 Å². The summed E-state index contributed by atoms with van der Waals surface area (Å²) in [5.41, 5.74) is 1.25. The van der Waals surface area contributed by atoms with Crippen molar-refractivity contribution < 1.29 is 9.67 Å². The molecule has 0 aliphatic carbocycles. The number of pyridine rings is 1. The summed E-state index contributed by atoms with van der Waals surface area (Å²) in [5.74, 6) is 0.329. The standard InChI is InChI=1S/C16H13NO/c18-16-8-4-7-14-9-10-17(12-15(14)16)11-13-5-2-1-3-6-13/h1-10,12H,11H2/p+1. The van der Waals surface area contributed by atoms with Crippen molar-refractivity contribution in [2.45, 2.75) is 6.54 Å². The summed E-state index contributed by atoms with van der Waals surface area (Å²) in [7, 11) is 0. The maximum Gasteiger partial charge on any atom is 0.180 e. The lowest BCUT2D eigenvalue weighted by Crippen LogP contribution is -2.33. The van der Waals surface area contributed by atoms with E-state index in [1.54, 1.807) is 6.07 Å². The second-order valence-electron chi connectivity index (χ2n) is 4.38. The largest absolute Gasteiger partial charge is 0.507 e. The van der Waals surface area contributed by atoms with E-state index in [-0.39, 0.29) is 0 Å². The Bertz CT molecular complexity index is 677. The van der Waals surface area contributed by atoms with Crippen LogP contribution in [0.4, 0.5) is 0 Å². The predicted octanol–water partition coefficient (Wildman–Crippen LogP) is 2.88. The number of aromatic nitrogens is 1. The molecule has 2 nitrogen and oxygen atoms in total. The molecule has 0 aliphatic heterocycles. The van der Waals surface area contributed by atoms with Gasteiger partial charge in [0.05, 0.1) is 5.39 Å². The van der Waals surface area contributed by atoms with Gasteiger partial charge in [0.2, 0.25) is 0 Å². The van der Waals surface area contributed by atoms with E-state index in [1.807, 2.05) is 48.8 Å². The highest BCUT2D eigenvalue weighted by Crippen LogP contribution is 2.21. The Kier molecular flexibility index (Phi) is 2.69. The van der Waals surface area contributed by atoms with Crippen LogP contribution in [0.15, 0.2) is 67.0 Å². The highest BCUT2D eigenvalue weighted by molar-refractivity contribution is 5.86. The molecule has 0 saturated carbocycles.